The molecule has 0 spiro atoms. The third-order valence-corrected chi connectivity index (χ3v) is 4.02. The standard InChI is InChI=1S/C15H16F3NO/c1-20-14-8-10(15(16,17)18)2-5-13(14)9-6-11-3-4-12(7-9)19-11/h2,5-6,8,11-12,19H,3-4,7H2,1H3. The van der Waals surface area contributed by atoms with Crippen LogP contribution in [0.1, 0.15) is 30.4 Å². The van der Waals surface area contributed by atoms with E-state index in [1.807, 2.05) is 0 Å². The molecule has 2 aliphatic rings. The molecule has 1 N–H and O–H groups in total. The first-order chi connectivity index (χ1) is 9.47. The van der Waals surface area contributed by atoms with E-state index >= 15 is 0 Å². The van der Waals surface area contributed by atoms with Gasteiger partial charge in [0.15, 0.2) is 0 Å². The molecule has 1 aromatic carbocycles. The fraction of sp³-hybridized carbons (Fsp3) is 0.467. The molecule has 0 saturated carbocycles. The van der Waals surface area contributed by atoms with Crippen LogP contribution in [0.2, 0.25) is 0 Å². The molecule has 3 rings (SSSR count). The van der Waals surface area contributed by atoms with Crippen LogP contribution in [-0.2, 0) is 6.18 Å². The summed E-state index contributed by atoms with van der Waals surface area (Å²) >= 11 is 0. The summed E-state index contributed by atoms with van der Waals surface area (Å²) in [6.07, 6.45) is 0.838. The third kappa shape index (κ3) is 2.42. The minimum absolute atomic E-state index is 0.298. The molecule has 1 fully saturated rings. The van der Waals surface area contributed by atoms with Gasteiger partial charge in [0, 0.05) is 17.6 Å². The van der Waals surface area contributed by atoms with Gasteiger partial charge in [-0.15, -0.1) is 0 Å². The zero-order valence-corrected chi connectivity index (χ0v) is 11.1. The second kappa shape index (κ2) is 4.81. The molecule has 20 heavy (non-hydrogen) atoms. The van der Waals surface area contributed by atoms with Gasteiger partial charge in [0.1, 0.15) is 5.75 Å². The summed E-state index contributed by atoms with van der Waals surface area (Å²) in [5.74, 6) is 0.298. The van der Waals surface area contributed by atoms with Crippen LogP contribution in [0.25, 0.3) is 5.57 Å². The maximum Gasteiger partial charge on any atom is 0.416 e. The highest BCUT2D eigenvalue weighted by atomic mass is 19.4. The van der Waals surface area contributed by atoms with Crippen LogP contribution in [0.5, 0.6) is 5.75 Å². The predicted molar refractivity (Wildman–Crippen MR) is 70.5 cm³/mol. The lowest BCUT2D eigenvalue weighted by Crippen LogP contribution is -2.32. The van der Waals surface area contributed by atoms with Gasteiger partial charge >= 0.3 is 6.18 Å². The summed E-state index contributed by atoms with van der Waals surface area (Å²) < 4.78 is 43.4. The molecular weight excluding hydrogens is 267 g/mol. The topological polar surface area (TPSA) is 21.3 Å². The van der Waals surface area contributed by atoms with E-state index in [0.717, 1.165) is 42.5 Å². The molecule has 5 heteroatoms. The quantitative estimate of drug-likeness (QED) is 0.895. The van der Waals surface area contributed by atoms with E-state index < -0.39 is 11.7 Å². The van der Waals surface area contributed by atoms with E-state index in [2.05, 4.69) is 11.4 Å². The number of rotatable bonds is 2. The summed E-state index contributed by atoms with van der Waals surface area (Å²) in [5.41, 5.74) is 1.19. The summed E-state index contributed by atoms with van der Waals surface area (Å²) in [4.78, 5) is 0. The number of hydrogen-bond acceptors (Lipinski definition) is 2. The Morgan fingerprint density at radius 1 is 1.25 bits per heavy atom. The molecule has 0 aromatic heterocycles. The molecule has 0 aliphatic carbocycles. The highest BCUT2D eigenvalue weighted by Crippen LogP contribution is 2.39. The molecule has 0 amide bonds. The summed E-state index contributed by atoms with van der Waals surface area (Å²) in [7, 11) is 1.41. The number of methoxy groups -OCH3 is 1. The van der Waals surface area contributed by atoms with Crippen molar-refractivity contribution in [1.82, 2.24) is 5.32 Å². The van der Waals surface area contributed by atoms with Gasteiger partial charge in [0.25, 0.3) is 0 Å². The minimum Gasteiger partial charge on any atom is -0.496 e. The van der Waals surface area contributed by atoms with Gasteiger partial charge < -0.3 is 10.1 Å². The van der Waals surface area contributed by atoms with Crippen molar-refractivity contribution in [3.05, 3.63) is 35.4 Å². The van der Waals surface area contributed by atoms with Gasteiger partial charge in [-0.1, -0.05) is 12.1 Å². The lowest BCUT2D eigenvalue weighted by molar-refractivity contribution is -0.137. The minimum atomic E-state index is -4.34. The van der Waals surface area contributed by atoms with Crippen molar-refractivity contribution in [1.29, 1.82) is 0 Å². The first-order valence-corrected chi connectivity index (χ1v) is 6.70. The van der Waals surface area contributed by atoms with Crippen LogP contribution in [0.3, 0.4) is 0 Å². The van der Waals surface area contributed by atoms with Crippen LogP contribution < -0.4 is 10.1 Å². The van der Waals surface area contributed by atoms with Crippen molar-refractivity contribution in [2.75, 3.05) is 7.11 Å². The molecule has 2 nitrogen and oxygen atoms in total. The van der Waals surface area contributed by atoms with Crippen molar-refractivity contribution >= 4 is 5.57 Å². The van der Waals surface area contributed by atoms with E-state index in [4.69, 9.17) is 4.74 Å². The molecule has 2 heterocycles. The molecule has 2 bridgehead atoms. The van der Waals surface area contributed by atoms with Crippen LogP contribution in [-0.4, -0.2) is 19.2 Å². The molecule has 1 saturated heterocycles. The number of benzene rings is 1. The monoisotopic (exact) mass is 283 g/mol. The summed E-state index contributed by atoms with van der Waals surface area (Å²) in [6.45, 7) is 0. The maximum absolute atomic E-state index is 12.7. The number of fused-ring (bicyclic) bond motifs is 2. The van der Waals surface area contributed by atoms with Crippen molar-refractivity contribution in [2.24, 2.45) is 0 Å². The van der Waals surface area contributed by atoms with Crippen LogP contribution in [0.15, 0.2) is 24.3 Å². The van der Waals surface area contributed by atoms with E-state index in [1.165, 1.54) is 13.2 Å². The smallest absolute Gasteiger partial charge is 0.416 e. The van der Waals surface area contributed by atoms with E-state index in [1.54, 1.807) is 0 Å². The average Bonchev–Trinajstić information content (AvgIpc) is 2.75. The second-order valence-corrected chi connectivity index (χ2v) is 5.36. The fourth-order valence-corrected chi connectivity index (χ4v) is 3.05. The fourth-order valence-electron chi connectivity index (χ4n) is 3.05. The SMILES string of the molecule is COc1cc(C(F)(F)F)ccc1C1=CC2CCC(C1)N2. The van der Waals surface area contributed by atoms with Gasteiger partial charge in [0.05, 0.1) is 12.7 Å². The molecule has 2 atom stereocenters. The molecule has 0 radical (unpaired) electrons. The number of nitrogens with one attached hydrogen (secondary N) is 1. The molecule has 108 valence electrons. The van der Waals surface area contributed by atoms with Crippen molar-refractivity contribution < 1.29 is 17.9 Å². The Kier molecular flexibility index (Phi) is 3.24. The van der Waals surface area contributed by atoms with Gasteiger partial charge in [-0.3, -0.25) is 0 Å². The summed E-state index contributed by atoms with van der Waals surface area (Å²) in [6, 6.07) is 4.52. The first-order valence-electron chi connectivity index (χ1n) is 6.70. The van der Waals surface area contributed by atoms with Crippen LogP contribution in [0, 0.1) is 0 Å². The maximum atomic E-state index is 12.7. The van der Waals surface area contributed by atoms with Gasteiger partial charge in [-0.2, -0.15) is 13.2 Å². The Balaban J connectivity index is 1.98. The summed E-state index contributed by atoms with van der Waals surface area (Å²) in [5, 5.41) is 3.47. The van der Waals surface area contributed by atoms with E-state index in [9.17, 15) is 13.2 Å². The van der Waals surface area contributed by atoms with E-state index in [-0.39, 0.29) is 0 Å². The third-order valence-electron chi connectivity index (χ3n) is 4.02. The van der Waals surface area contributed by atoms with E-state index in [0.29, 0.717) is 17.8 Å². The number of hydrogen-bond donors (Lipinski definition) is 1. The average molecular weight is 283 g/mol. The predicted octanol–water partition coefficient (Wildman–Crippen LogP) is 3.62. The van der Waals surface area contributed by atoms with Crippen LogP contribution in [0.4, 0.5) is 13.2 Å². The van der Waals surface area contributed by atoms with Gasteiger partial charge in [-0.05, 0) is 37.0 Å². The zero-order valence-electron chi connectivity index (χ0n) is 11.1. The Morgan fingerprint density at radius 3 is 2.70 bits per heavy atom. The Hall–Kier alpha value is -1.49. The van der Waals surface area contributed by atoms with Crippen LogP contribution >= 0.6 is 0 Å². The largest absolute Gasteiger partial charge is 0.496 e. The number of alkyl halides is 3. The van der Waals surface area contributed by atoms with Gasteiger partial charge in [0.2, 0.25) is 0 Å². The molecule has 1 aromatic rings. The van der Waals surface area contributed by atoms with Gasteiger partial charge in [-0.25, -0.2) is 0 Å². The van der Waals surface area contributed by atoms with Crippen molar-refractivity contribution in [3.63, 3.8) is 0 Å². The molecule has 2 aliphatic heterocycles. The zero-order chi connectivity index (χ0) is 14.3. The normalized spacial score (nSPS) is 25.5. The highest BCUT2D eigenvalue weighted by Gasteiger charge is 2.33. The lowest BCUT2D eigenvalue weighted by Gasteiger charge is -2.23. The molecule has 2 unspecified atom stereocenters. The first kappa shape index (κ1) is 13.5. The second-order valence-electron chi connectivity index (χ2n) is 5.36. The highest BCUT2D eigenvalue weighted by molar-refractivity contribution is 5.73. The Labute approximate surface area is 115 Å². The number of halogens is 3. The molecular formula is C15H16F3NO. The van der Waals surface area contributed by atoms with Crippen molar-refractivity contribution in [2.45, 2.75) is 37.5 Å². The van der Waals surface area contributed by atoms with Crippen molar-refractivity contribution in [3.8, 4) is 5.75 Å². The lowest BCUT2D eigenvalue weighted by atomic mass is 9.94. The Morgan fingerprint density at radius 2 is 2.05 bits per heavy atom. The number of ether oxygens (including phenoxy) is 1. The Bertz CT molecular complexity index is 551.